The molecule has 0 saturated carbocycles. The first-order valence-electron chi connectivity index (χ1n) is 8.63. The first-order chi connectivity index (χ1) is 12.6. The van der Waals surface area contributed by atoms with Crippen molar-refractivity contribution < 1.29 is 14.4 Å². The molecule has 0 radical (unpaired) electrons. The van der Waals surface area contributed by atoms with E-state index in [1.807, 2.05) is 16.3 Å². The zero-order chi connectivity index (χ0) is 18.1. The number of carbonyl (C=O) groups excluding carboxylic acids is 3. The van der Waals surface area contributed by atoms with Crippen LogP contribution in [0.3, 0.4) is 0 Å². The summed E-state index contributed by atoms with van der Waals surface area (Å²) in [4.78, 5) is 39.6. The normalized spacial score (nSPS) is 19.9. The Morgan fingerprint density at radius 2 is 2.15 bits per heavy atom. The van der Waals surface area contributed by atoms with Crippen molar-refractivity contribution in [1.82, 2.24) is 15.1 Å². The van der Waals surface area contributed by atoms with Crippen molar-refractivity contribution in [3.63, 3.8) is 0 Å². The Morgan fingerprint density at radius 1 is 1.27 bits per heavy atom. The van der Waals surface area contributed by atoms with E-state index in [1.54, 1.807) is 29.5 Å². The molecule has 3 heterocycles. The maximum absolute atomic E-state index is 13.0. The zero-order valence-electron chi connectivity index (χ0n) is 14.2. The topological polar surface area (TPSA) is 69.7 Å². The van der Waals surface area contributed by atoms with Crippen molar-refractivity contribution in [3.8, 4) is 0 Å². The van der Waals surface area contributed by atoms with E-state index in [0.29, 0.717) is 5.56 Å². The molecular formula is C19H19N3O3S. The van der Waals surface area contributed by atoms with Gasteiger partial charge in [-0.2, -0.15) is 11.3 Å². The number of amides is 4. The summed E-state index contributed by atoms with van der Waals surface area (Å²) in [5.41, 5.74) is 2.56. The molecule has 4 rings (SSSR count). The summed E-state index contributed by atoms with van der Waals surface area (Å²) in [6.45, 7) is 0.962. The highest BCUT2D eigenvalue weighted by Crippen LogP contribution is 2.34. The van der Waals surface area contributed by atoms with Gasteiger partial charge < -0.3 is 10.2 Å². The summed E-state index contributed by atoms with van der Waals surface area (Å²) in [6.07, 6.45) is 1.97. The minimum Gasteiger partial charge on any atom is -0.332 e. The van der Waals surface area contributed by atoms with Crippen LogP contribution in [0.1, 0.15) is 40.4 Å². The van der Waals surface area contributed by atoms with Gasteiger partial charge in [0.1, 0.15) is 0 Å². The Balaban J connectivity index is 1.53. The number of thiophene rings is 1. The number of carbonyl (C=O) groups is 3. The Bertz CT molecular complexity index is 833. The van der Waals surface area contributed by atoms with E-state index >= 15 is 0 Å². The second kappa shape index (κ2) is 6.92. The van der Waals surface area contributed by atoms with Crippen molar-refractivity contribution in [2.75, 3.05) is 13.1 Å². The lowest BCUT2D eigenvalue weighted by atomic mass is 10.1. The van der Waals surface area contributed by atoms with Crippen molar-refractivity contribution in [1.29, 1.82) is 0 Å². The molecule has 0 unspecified atom stereocenters. The molecule has 0 spiro atoms. The van der Waals surface area contributed by atoms with E-state index in [0.717, 1.165) is 24.9 Å². The van der Waals surface area contributed by atoms with Crippen LogP contribution in [0.2, 0.25) is 0 Å². The Hall–Kier alpha value is -2.67. The summed E-state index contributed by atoms with van der Waals surface area (Å²) in [6, 6.07) is 9.03. The lowest BCUT2D eigenvalue weighted by Crippen LogP contribution is -2.31. The van der Waals surface area contributed by atoms with E-state index in [1.165, 1.54) is 10.5 Å². The zero-order valence-corrected chi connectivity index (χ0v) is 15.0. The van der Waals surface area contributed by atoms with Gasteiger partial charge in [0.25, 0.3) is 5.91 Å². The van der Waals surface area contributed by atoms with Crippen LogP contribution in [-0.4, -0.2) is 40.7 Å². The van der Waals surface area contributed by atoms with Crippen LogP contribution >= 0.6 is 11.3 Å². The van der Waals surface area contributed by atoms with Crippen molar-refractivity contribution in [3.05, 3.63) is 57.8 Å². The van der Waals surface area contributed by atoms with Gasteiger partial charge in [0.15, 0.2) is 0 Å². The van der Waals surface area contributed by atoms with E-state index in [4.69, 9.17) is 0 Å². The fourth-order valence-corrected chi connectivity index (χ4v) is 4.29. The van der Waals surface area contributed by atoms with Gasteiger partial charge in [-0.1, -0.05) is 12.1 Å². The van der Waals surface area contributed by atoms with Crippen LogP contribution in [0, 0.1) is 0 Å². The highest BCUT2D eigenvalue weighted by atomic mass is 32.1. The molecule has 1 aromatic heterocycles. The Kier molecular flexibility index (Phi) is 4.46. The number of nitrogens with zero attached hydrogens (tertiary/aromatic N) is 2. The lowest BCUT2D eigenvalue weighted by molar-refractivity contribution is -0.125. The highest BCUT2D eigenvalue weighted by molar-refractivity contribution is 7.08. The second-order valence-electron chi connectivity index (χ2n) is 6.55. The van der Waals surface area contributed by atoms with Crippen LogP contribution in [-0.2, 0) is 11.3 Å². The van der Waals surface area contributed by atoms with E-state index in [9.17, 15) is 14.4 Å². The smallest absolute Gasteiger partial charge is 0.324 e. The quantitative estimate of drug-likeness (QED) is 0.843. The number of urea groups is 1. The number of benzene rings is 1. The van der Waals surface area contributed by atoms with Gasteiger partial charge in [-0.3, -0.25) is 14.5 Å². The fourth-order valence-electron chi connectivity index (χ4n) is 3.59. The fraction of sp³-hybridized carbons (Fsp3) is 0.316. The largest absolute Gasteiger partial charge is 0.332 e. The number of hydrogen-bond acceptors (Lipinski definition) is 4. The van der Waals surface area contributed by atoms with Crippen molar-refractivity contribution >= 4 is 29.2 Å². The molecule has 2 saturated heterocycles. The SMILES string of the molecule is O=C1CNC(=O)N1Cc1cccc(C(=O)N2CCC[C@@H]2c2ccsc2)c1. The van der Waals surface area contributed by atoms with E-state index in [-0.39, 0.29) is 37.0 Å². The summed E-state index contributed by atoms with van der Waals surface area (Å²) in [5, 5.41) is 6.64. The predicted molar refractivity (Wildman–Crippen MR) is 97.7 cm³/mol. The molecule has 1 aromatic carbocycles. The minimum atomic E-state index is -0.385. The molecular weight excluding hydrogens is 350 g/mol. The first-order valence-corrected chi connectivity index (χ1v) is 9.58. The van der Waals surface area contributed by atoms with Crippen LogP contribution in [0.4, 0.5) is 4.79 Å². The number of rotatable bonds is 4. The van der Waals surface area contributed by atoms with Crippen LogP contribution in [0.15, 0.2) is 41.1 Å². The van der Waals surface area contributed by atoms with E-state index in [2.05, 4.69) is 16.8 Å². The average Bonchev–Trinajstić information content (AvgIpc) is 3.39. The van der Waals surface area contributed by atoms with Gasteiger partial charge in [0, 0.05) is 12.1 Å². The minimum absolute atomic E-state index is 0.00208. The third-order valence-corrected chi connectivity index (χ3v) is 5.59. The number of likely N-dealkylation sites (tertiary alicyclic amines) is 1. The van der Waals surface area contributed by atoms with E-state index < -0.39 is 0 Å². The molecule has 26 heavy (non-hydrogen) atoms. The van der Waals surface area contributed by atoms with Crippen LogP contribution in [0.5, 0.6) is 0 Å². The summed E-state index contributed by atoms with van der Waals surface area (Å²) >= 11 is 1.64. The average molecular weight is 369 g/mol. The van der Waals surface area contributed by atoms with Gasteiger partial charge >= 0.3 is 6.03 Å². The number of hydrogen-bond donors (Lipinski definition) is 1. The van der Waals surface area contributed by atoms with Crippen LogP contribution in [0.25, 0.3) is 0 Å². The molecule has 1 atom stereocenters. The van der Waals surface area contributed by atoms with Gasteiger partial charge in [-0.25, -0.2) is 4.79 Å². The molecule has 134 valence electrons. The highest BCUT2D eigenvalue weighted by Gasteiger charge is 2.31. The van der Waals surface area contributed by atoms with Gasteiger partial charge in [0.05, 0.1) is 19.1 Å². The molecule has 2 aliphatic heterocycles. The van der Waals surface area contributed by atoms with Crippen molar-refractivity contribution in [2.24, 2.45) is 0 Å². The molecule has 7 heteroatoms. The van der Waals surface area contributed by atoms with Gasteiger partial charge in [0.2, 0.25) is 5.91 Å². The maximum atomic E-state index is 13.0. The molecule has 2 fully saturated rings. The lowest BCUT2D eigenvalue weighted by Gasteiger charge is -2.24. The van der Waals surface area contributed by atoms with Crippen LogP contribution < -0.4 is 5.32 Å². The number of imide groups is 1. The molecule has 2 aromatic rings. The Morgan fingerprint density at radius 3 is 2.88 bits per heavy atom. The summed E-state index contributed by atoms with van der Waals surface area (Å²) in [5.74, 6) is -0.249. The number of nitrogens with one attached hydrogen (secondary N) is 1. The second-order valence-corrected chi connectivity index (χ2v) is 7.33. The van der Waals surface area contributed by atoms with Gasteiger partial charge in [-0.05, 0) is 52.9 Å². The maximum Gasteiger partial charge on any atom is 0.324 e. The Labute approximate surface area is 155 Å². The molecule has 0 aliphatic carbocycles. The monoisotopic (exact) mass is 369 g/mol. The van der Waals surface area contributed by atoms with Gasteiger partial charge in [-0.15, -0.1) is 0 Å². The molecule has 6 nitrogen and oxygen atoms in total. The molecule has 1 N–H and O–H groups in total. The predicted octanol–water partition coefficient (Wildman–Crippen LogP) is 2.78. The third kappa shape index (κ3) is 3.10. The third-order valence-electron chi connectivity index (χ3n) is 4.89. The van der Waals surface area contributed by atoms with Crippen molar-refractivity contribution in [2.45, 2.75) is 25.4 Å². The molecule has 2 aliphatic rings. The first kappa shape index (κ1) is 16.8. The molecule has 4 amide bonds. The standard InChI is InChI=1S/C19H19N3O3S/c23-17-10-20-19(25)22(17)11-13-3-1-4-14(9-13)18(24)21-7-2-5-16(21)15-6-8-26-12-15/h1,3-4,6,8-9,12,16H,2,5,7,10-11H2,(H,20,25)/t16-/m1/s1. The molecule has 0 bridgehead atoms. The summed E-state index contributed by atoms with van der Waals surface area (Å²) < 4.78 is 0. The summed E-state index contributed by atoms with van der Waals surface area (Å²) in [7, 11) is 0.